The lowest BCUT2D eigenvalue weighted by Gasteiger charge is -2.32. The van der Waals surface area contributed by atoms with Gasteiger partial charge < -0.3 is 4.74 Å². The van der Waals surface area contributed by atoms with Crippen molar-refractivity contribution in [1.82, 2.24) is 4.31 Å². The Kier molecular flexibility index (Phi) is 5.08. The summed E-state index contributed by atoms with van der Waals surface area (Å²) in [6.07, 6.45) is -0.242. The smallest absolute Gasteiger partial charge is 0.243 e. The first-order valence-electron chi connectivity index (χ1n) is 9.45. The van der Waals surface area contributed by atoms with Crippen LogP contribution in [-0.4, -0.2) is 32.4 Å². The summed E-state index contributed by atoms with van der Waals surface area (Å²) in [6, 6.07) is 15.4. The fourth-order valence-electron chi connectivity index (χ4n) is 3.56. The van der Waals surface area contributed by atoms with E-state index in [2.05, 4.69) is 38.3 Å². The van der Waals surface area contributed by atoms with Gasteiger partial charge in [-0.05, 0) is 39.9 Å². The molecule has 0 amide bonds. The van der Waals surface area contributed by atoms with Gasteiger partial charge in [-0.25, -0.2) is 8.42 Å². The number of morpholine rings is 1. The van der Waals surface area contributed by atoms with Crippen LogP contribution in [-0.2, 0) is 20.2 Å². The molecule has 6 heteroatoms. The van der Waals surface area contributed by atoms with E-state index in [1.54, 1.807) is 27.8 Å². The number of thiophene rings is 1. The van der Waals surface area contributed by atoms with E-state index >= 15 is 0 Å². The van der Waals surface area contributed by atoms with Crippen molar-refractivity contribution >= 4 is 31.4 Å². The van der Waals surface area contributed by atoms with Crippen molar-refractivity contribution in [2.45, 2.75) is 37.2 Å². The Morgan fingerprint density at radius 2 is 1.79 bits per heavy atom. The van der Waals surface area contributed by atoms with E-state index in [-0.39, 0.29) is 11.5 Å². The molecule has 2 aromatic carbocycles. The van der Waals surface area contributed by atoms with Crippen LogP contribution in [0.4, 0.5) is 0 Å². The van der Waals surface area contributed by atoms with Crippen molar-refractivity contribution in [3.05, 3.63) is 65.0 Å². The predicted molar refractivity (Wildman–Crippen MR) is 114 cm³/mol. The molecule has 0 spiro atoms. The normalized spacial score (nSPS) is 19.2. The molecule has 2 heterocycles. The molecule has 1 aliphatic rings. The number of benzene rings is 2. The van der Waals surface area contributed by atoms with Gasteiger partial charge in [0.2, 0.25) is 10.0 Å². The molecule has 0 radical (unpaired) electrons. The minimum Gasteiger partial charge on any atom is -0.371 e. The maximum Gasteiger partial charge on any atom is 0.243 e. The molecule has 0 bridgehead atoms. The number of nitrogens with zero attached hydrogens (tertiary/aromatic N) is 1. The maximum atomic E-state index is 13.2. The molecule has 0 saturated carbocycles. The average molecular weight is 416 g/mol. The van der Waals surface area contributed by atoms with Gasteiger partial charge in [-0.2, -0.15) is 4.31 Å². The van der Waals surface area contributed by atoms with Crippen LogP contribution in [0, 0.1) is 0 Å². The summed E-state index contributed by atoms with van der Waals surface area (Å²) in [5.41, 5.74) is 2.19. The molecule has 1 atom stereocenters. The van der Waals surface area contributed by atoms with Gasteiger partial charge in [-0.15, -0.1) is 11.3 Å². The number of fused-ring (bicyclic) bond motifs is 1. The second kappa shape index (κ2) is 7.26. The van der Waals surface area contributed by atoms with E-state index in [1.807, 2.05) is 24.3 Å². The second-order valence-corrected chi connectivity index (χ2v) is 11.0. The van der Waals surface area contributed by atoms with Crippen LogP contribution in [0.1, 0.15) is 38.0 Å². The number of hydrogen-bond acceptors (Lipinski definition) is 4. The Bertz CT molecular complexity index is 1080. The van der Waals surface area contributed by atoms with E-state index in [9.17, 15) is 8.42 Å². The quantitative estimate of drug-likeness (QED) is 0.607. The number of sulfonamides is 1. The Balaban J connectivity index is 1.60. The molecule has 1 fully saturated rings. The van der Waals surface area contributed by atoms with E-state index in [4.69, 9.17) is 4.74 Å². The summed E-state index contributed by atoms with van der Waals surface area (Å²) >= 11 is 1.67. The van der Waals surface area contributed by atoms with E-state index < -0.39 is 10.0 Å². The molecular weight excluding hydrogens is 390 g/mol. The Labute approximate surface area is 170 Å². The Hall–Kier alpha value is -1.73. The minimum atomic E-state index is -3.54. The van der Waals surface area contributed by atoms with E-state index in [0.29, 0.717) is 24.6 Å². The van der Waals surface area contributed by atoms with Gasteiger partial charge in [0.15, 0.2) is 0 Å². The monoisotopic (exact) mass is 415 g/mol. The van der Waals surface area contributed by atoms with Crippen LogP contribution in [0.3, 0.4) is 0 Å². The highest BCUT2D eigenvalue weighted by atomic mass is 32.2. The van der Waals surface area contributed by atoms with Crippen molar-refractivity contribution in [1.29, 1.82) is 0 Å². The predicted octanol–water partition coefficient (Wildman–Crippen LogP) is 4.96. The minimum absolute atomic E-state index is 0.00758. The topological polar surface area (TPSA) is 46.6 Å². The summed E-state index contributed by atoms with van der Waals surface area (Å²) in [5, 5.41) is 3.23. The third-order valence-corrected chi connectivity index (χ3v) is 8.11. The summed E-state index contributed by atoms with van der Waals surface area (Å²) in [4.78, 5) is 0.344. The van der Waals surface area contributed by atoms with Gasteiger partial charge in [0.1, 0.15) is 0 Å². The summed E-state index contributed by atoms with van der Waals surface area (Å²) in [6.45, 7) is 7.47. The second-order valence-electron chi connectivity index (χ2n) is 8.18. The molecule has 3 aromatic rings. The van der Waals surface area contributed by atoms with Crippen LogP contribution in [0.5, 0.6) is 0 Å². The van der Waals surface area contributed by atoms with Crippen molar-refractivity contribution in [3.63, 3.8) is 0 Å². The molecule has 148 valence electrons. The largest absolute Gasteiger partial charge is 0.371 e. The first-order chi connectivity index (χ1) is 13.3. The Morgan fingerprint density at radius 3 is 2.50 bits per heavy atom. The lowest BCUT2D eigenvalue weighted by molar-refractivity contribution is -0.00154. The molecule has 1 aliphatic heterocycles. The third-order valence-electron chi connectivity index (χ3n) is 5.25. The van der Waals surface area contributed by atoms with Gasteiger partial charge >= 0.3 is 0 Å². The Morgan fingerprint density at radius 1 is 1.07 bits per heavy atom. The first kappa shape index (κ1) is 19.6. The number of ether oxygens (including phenoxy) is 1. The van der Waals surface area contributed by atoms with Gasteiger partial charge in [0.25, 0.3) is 0 Å². The van der Waals surface area contributed by atoms with E-state index in [0.717, 1.165) is 16.5 Å². The fourth-order valence-corrected chi connectivity index (χ4v) is 5.98. The lowest BCUT2D eigenvalue weighted by atomic mass is 9.87. The summed E-state index contributed by atoms with van der Waals surface area (Å²) in [7, 11) is -3.54. The van der Waals surface area contributed by atoms with Gasteiger partial charge in [-0.3, -0.25) is 0 Å². The van der Waals surface area contributed by atoms with Crippen LogP contribution in [0.25, 0.3) is 10.1 Å². The molecule has 1 saturated heterocycles. The standard InChI is InChI=1S/C22H25NO3S2/c1-22(2,3)16-8-10-17(11-9-16)28(24,25)23-12-13-26-20(14-23)19-15-27-21-7-5-4-6-18(19)21/h4-11,15,20H,12-14H2,1-3H3/t20-/m0/s1. The van der Waals surface area contributed by atoms with Crippen LogP contribution < -0.4 is 0 Å². The van der Waals surface area contributed by atoms with Crippen LogP contribution in [0.15, 0.2) is 58.8 Å². The SMILES string of the molecule is CC(C)(C)c1ccc(S(=O)(=O)N2CCO[C@H](c3csc4ccccc34)C2)cc1. The van der Waals surface area contributed by atoms with Gasteiger partial charge in [0, 0.05) is 23.4 Å². The maximum absolute atomic E-state index is 13.2. The summed E-state index contributed by atoms with van der Waals surface area (Å²) in [5.74, 6) is 0. The zero-order chi connectivity index (χ0) is 19.9. The van der Waals surface area contributed by atoms with E-state index in [1.165, 1.54) is 4.70 Å². The van der Waals surface area contributed by atoms with Crippen molar-refractivity contribution < 1.29 is 13.2 Å². The highest BCUT2D eigenvalue weighted by Gasteiger charge is 2.32. The lowest BCUT2D eigenvalue weighted by Crippen LogP contribution is -2.42. The van der Waals surface area contributed by atoms with Crippen LogP contribution in [0.2, 0.25) is 0 Å². The molecular formula is C22H25NO3S2. The van der Waals surface area contributed by atoms with Gasteiger partial charge in [-0.1, -0.05) is 51.1 Å². The van der Waals surface area contributed by atoms with Crippen molar-refractivity contribution in [3.8, 4) is 0 Å². The first-order valence-corrected chi connectivity index (χ1v) is 11.8. The molecule has 0 N–H and O–H groups in total. The van der Waals surface area contributed by atoms with Gasteiger partial charge in [0.05, 0.1) is 17.6 Å². The highest BCUT2D eigenvalue weighted by molar-refractivity contribution is 7.89. The zero-order valence-corrected chi connectivity index (χ0v) is 18.0. The van der Waals surface area contributed by atoms with Crippen molar-refractivity contribution in [2.75, 3.05) is 19.7 Å². The average Bonchev–Trinajstić information content (AvgIpc) is 3.12. The van der Waals surface area contributed by atoms with Crippen LogP contribution >= 0.6 is 11.3 Å². The zero-order valence-electron chi connectivity index (χ0n) is 16.4. The summed E-state index contributed by atoms with van der Waals surface area (Å²) < 4.78 is 35.1. The molecule has 0 aliphatic carbocycles. The van der Waals surface area contributed by atoms with Crippen molar-refractivity contribution in [2.24, 2.45) is 0 Å². The number of rotatable bonds is 3. The highest BCUT2D eigenvalue weighted by Crippen LogP contribution is 2.35. The molecule has 1 aromatic heterocycles. The molecule has 28 heavy (non-hydrogen) atoms. The molecule has 4 rings (SSSR count). The third kappa shape index (κ3) is 3.62. The molecule has 4 nitrogen and oxygen atoms in total. The fraction of sp³-hybridized carbons (Fsp3) is 0.364. The molecule has 0 unspecified atom stereocenters. The number of hydrogen-bond donors (Lipinski definition) is 0.